The zero-order valence-corrected chi connectivity index (χ0v) is 8.75. The van der Waals surface area contributed by atoms with E-state index >= 15 is 0 Å². The highest BCUT2D eigenvalue weighted by Gasteiger charge is 2.33. The summed E-state index contributed by atoms with van der Waals surface area (Å²) in [5.41, 5.74) is 5.07. The first-order valence-electron chi connectivity index (χ1n) is 5.28. The van der Waals surface area contributed by atoms with E-state index in [1.807, 2.05) is 0 Å². The third-order valence-electron chi connectivity index (χ3n) is 2.92. The van der Waals surface area contributed by atoms with E-state index in [0.717, 1.165) is 25.7 Å². The molecule has 0 heterocycles. The first-order valence-corrected chi connectivity index (χ1v) is 5.28. The van der Waals surface area contributed by atoms with Gasteiger partial charge in [-0.1, -0.05) is 19.3 Å². The van der Waals surface area contributed by atoms with Gasteiger partial charge in [0, 0.05) is 0 Å². The van der Waals surface area contributed by atoms with Crippen molar-refractivity contribution < 1.29 is 9.90 Å². The molecule has 0 bridgehead atoms. The van der Waals surface area contributed by atoms with Crippen LogP contribution in [-0.4, -0.2) is 29.2 Å². The highest BCUT2D eigenvalue weighted by molar-refractivity contribution is 5.81. The number of nitrogens with two attached hydrogens (primary N) is 1. The Morgan fingerprint density at radius 1 is 1.50 bits per heavy atom. The third-order valence-corrected chi connectivity index (χ3v) is 2.92. The molecule has 0 saturated heterocycles. The number of carbonyl (C=O) groups is 1. The number of hydrogen-bond donors (Lipinski definition) is 3. The molecule has 1 rings (SSSR count). The highest BCUT2D eigenvalue weighted by atomic mass is 16.3. The lowest BCUT2D eigenvalue weighted by atomic mass is 9.82. The summed E-state index contributed by atoms with van der Waals surface area (Å²) in [6.45, 7) is 1.68. The number of aliphatic hydroxyl groups is 1. The number of hydrogen-bond acceptors (Lipinski definition) is 3. The summed E-state index contributed by atoms with van der Waals surface area (Å²) in [7, 11) is 0. The van der Waals surface area contributed by atoms with Crippen molar-refractivity contribution in [3.05, 3.63) is 0 Å². The molecule has 1 saturated carbocycles. The van der Waals surface area contributed by atoms with E-state index in [-0.39, 0.29) is 12.5 Å². The van der Waals surface area contributed by atoms with Crippen molar-refractivity contribution in [3.63, 3.8) is 0 Å². The van der Waals surface area contributed by atoms with Gasteiger partial charge in [-0.2, -0.15) is 0 Å². The van der Waals surface area contributed by atoms with E-state index in [1.165, 1.54) is 6.42 Å². The van der Waals surface area contributed by atoms with E-state index in [4.69, 9.17) is 5.73 Å². The minimum absolute atomic E-state index is 0.0193. The quantitative estimate of drug-likeness (QED) is 0.607. The molecular formula is C10H20N2O2. The van der Waals surface area contributed by atoms with Crippen molar-refractivity contribution in [3.8, 4) is 0 Å². The first kappa shape index (κ1) is 11.5. The van der Waals surface area contributed by atoms with Crippen LogP contribution in [0.15, 0.2) is 0 Å². The lowest BCUT2D eigenvalue weighted by Crippen LogP contribution is -2.56. The minimum Gasteiger partial charge on any atom is -0.394 e. The summed E-state index contributed by atoms with van der Waals surface area (Å²) in [4.78, 5) is 11.4. The Labute approximate surface area is 84.9 Å². The Balaban J connectivity index is 2.56. The second-order valence-corrected chi connectivity index (χ2v) is 4.28. The van der Waals surface area contributed by atoms with E-state index in [1.54, 1.807) is 6.92 Å². The topological polar surface area (TPSA) is 75.4 Å². The van der Waals surface area contributed by atoms with Gasteiger partial charge in [0.25, 0.3) is 0 Å². The van der Waals surface area contributed by atoms with Gasteiger partial charge in [-0.15, -0.1) is 0 Å². The number of nitrogens with one attached hydrogen (secondary N) is 1. The predicted octanol–water partition coefficient (Wildman–Crippen LogP) is 0.145. The smallest absolute Gasteiger partial charge is 0.237 e. The maximum atomic E-state index is 11.4. The van der Waals surface area contributed by atoms with Crippen LogP contribution in [-0.2, 0) is 4.79 Å². The summed E-state index contributed by atoms with van der Waals surface area (Å²) in [6.07, 6.45) is 5.05. The molecule has 0 spiro atoms. The molecular weight excluding hydrogens is 180 g/mol. The third kappa shape index (κ3) is 2.69. The number of carbonyl (C=O) groups excluding carboxylic acids is 1. The summed E-state index contributed by atoms with van der Waals surface area (Å²) in [5.74, 6) is -0.166. The molecule has 82 valence electrons. The Hall–Kier alpha value is -0.610. The van der Waals surface area contributed by atoms with Gasteiger partial charge >= 0.3 is 0 Å². The molecule has 1 unspecified atom stereocenters. The summed E-state index contributed by atoms with van der Waals surface area (Å²) in [6, 6.07) is -0.500. The molecule has 0 radical (unpaired) electrons. The van der Waals surface area contributed by atoms with Crippen molar-refractivity contribution in [2.24, 2.45) is 5.73 Å². The predicted molar refractivity (Wildman–Crippen MR) is 54.7 cm³/mol. The molecule has 4 N–H and O–H groups in total. The van der Waals surface area contributed by atoms with Crippen LogP contribution >= 0.6 is 0 Å². The van der Waals surface area contributed by atoms with Crippen LogP contribution in [0.25, 0.3) is 0 Å². The van der Waals surface area contributed by atoms with Gasteiger partial charge in [0.2, 0.25) is 5.91 Å². The molecule has 1 amide bonds. The Kier molecular flexibility index (Phi) is 3.89. The SMILES string of the molecule is CC(N)C(=O)NC1(CO)CCCCC1. The fourth-order valence-electron chi connectivity index (χ4n) is 1.93. The molecule has 14 heavy (non-hydrogen) atoms. The van der Waals surface area contributed by atoms with Gasteiger partial charge < -0.3 is 16.2 Å². The Bertz CT molecular complexity index is 198. The van der Waals surface area contributed by atoms with Crippen LogP contribution < -0.4 is 11.1 Å². The summed E-state index contributed by atoms with van der Waals surface area (Å²) >= 11 is 0. The average molecular weight is 200 g/mol. The lowest BCUT2D eigenvalue weighted by molar-refractivity contribution is -0.125. The molecule has 1 fully saturated rings. The van der Waals surface area contributed by atoms with Gasteiger partial charge in [0.05, 0.1) is 18.2 Å². The highest BCUT2D eigenvalue weighted by Crippen LogP contribution is 2.27. The maximum absolute atomic E-state index is 11.4. The fraction of sp³-hybridized carbons (Fsp3) is 0.900. The van der Waals surface area contributed by atoms with Crippen LogP contribution in [0.2, 0.25) is 0 Å². The monoisotopic (exact) mass is 200 g/mol. The number of amides is 1. The van der Waals surface area contributed by atoms with Gasteiger partial charge in [-0.25, -0.2) is 0 Å². The second-order valence-electron chi connectivity index (χ2n) is 4.28. The molecule has 4 heteroatoms. The van der Waals surface area contributed by atoms with Crippen LogP contribution in [0.3, 0.4) is 0 Å². The fourth-order valence-corrected chi connectivity index (χ4v) is 1.93. The van der Waals surface area contributed by atoms with E-state index in [0.29, 0.717) is 0 Å². The molecule has 4 nitrogen and oxygen atoms in total. The summed E-state index contributed by atoms with van der Waals surface area (Å²) in [5, 5.41) is 12.2. The zero-order valence-electron chi connectivity index (χ0n) is 8.75. The molecule has 0 aliphatic heterocycles. The maximum Gasteiger partial charge on any atom is 0.237 e. The zero-order chi connectivity index (χ0) is 10.6. The lowest BCUT2D eigenvalue weighted by Gasteiger charge is -2.36. The normalized spacial score (nSPS) is 22.8. The van der Waals surface area contributed by atoms with E-state index < -0.39 is 11.6 Å². The molecule has 1 aliphatic rings. The molecule has 1 aliphatic carbocycles. The van der Waals surface area contributed by atoms with Gasteiger partial charge in [-0.05, 0) is 19.8 Å². The van der Waals surface area contributed by atoms with Crippen molar-refractivity contribution >= 4 is 5.91 Å². The van der Waals surface area contributed by atoms with Crippen LogP contribution in [0, 0.1) is 0 Å². The molecule has 0 aromatic heterocycles. The standard InChI is InChI=1S/C10H20N2O2/c1-8(11)9(14)12-10(7-13)5-3-2-4-6-10/h8,13H,2-7,11H2,1H3,(H,12,14). The van der Waals surface area contributed by atoms with Crippen molar-refractivity contribution in [1.82, 2.24) is 5.32 Å². The van der Waals surface area contributed by atoms with Crippen molar-refractivity contribution in [1.29, 1.82) is 0 Å². The first-order chi connectivity index (χ1) is 6.59. The Morgan fingerprint density at radius 2 is 2.07 bits per heavy atom. The second kappa shape index (κ2) is 4.75. The van der Waals surface area contributed by atoms with E-state index in [9.17, 15) is 9.90 Å². The average Bonchev–Trinajstić information content (AvgIpc) is 2.19. The van der Waals surface area contributed by atoms with Crippen molar-refractivity contribution in [2.75, 3.05) is 6.61 Å². The molecule has 1 atom stereocenters. The Morgan fingerprint density at radius 3 is 2.50 bits per heavy atom. The molecule has 0 aromatic carbocycles. The van der Waals surface area contributed by atoms with Crippen LogP contribution in [0.4, 0.5) is 0 Å². The summed E-state index contributed by atoms with van der Waals surface area (Å²) < 4.78 is 0. The van der Waals surface area contributed by atoms with Gasteiger partial charge in [0.15, 0.2) is 0 Å². The van der Waals surface area contributed by atoms with Gasteiger partial charge in [0.1, 0.15) is 0 Å². The van der Waals surface area contributed by atoms with Crippen molar-refractivity contribution in [2.45, 2.75) is 50.6 Å². The largest absolute Gasteiger partial charge is 0.394 e. The molecule has 0 aromatic rings. The number of aliphatic hydroxyl groups excluding tert-OH is 1. The minimum atomic E-state index is -0.500. The number of rotatable bonds is 3. The van der Waals surface area contributed by atoms with E-state index in [2.05, 4.69) is 5.32 Å². The van der Waals surface area contributed by atoms with Crippen LogP contribution in [0.5, 0.6) is 0 Å². The van der Waals surface area contributed by atoms with Gasteiger partial charge in [-0.3, -0.25) is 4.79 Å². The van der Waals surface area contributed by atoms with Crippen LogP contribution in [0.1, 0.15) is 39.0 Å².